The summed E-state index contributed by atoms with van der Waals surface area (Å²) in [5.41, 5.74) is 3.21. The molecule has 30 heavy (non-hydrogen) atoms. The SMILES string of the molecule is Cc1nc2ccc(N(C)c3ccc(F)cc3)cc2c(=O)n1[C@H](CS)c1ccccc1. The molecule has 0 spiro atoms. The molecule has 1 aromatic heterocycles. The van der Waals surface area contributed by atoms with Crippen LogP contribution in [-0.4, -0.2) is 22.4 Å². The Balaban J connectivity index is 1.84. The van der Waals surface area contributed by atoms with Gasteiger partial charge in [0.2, 0.25) is 0 Å². The number of hydrogen-bond acceptors (Lipinski definition) is 4. The smallest absolute Gasteiger partial charge is 0.262 e. The van der Waals surface area contributed by atoms with Crippen LogP contribution in [-0.2, 0) is 0 Å². The number of halogens is 1. The third-order valence-corrected chi connectivity index (χ3v) is 5.68. The predicted molar refractivity (Wildman–Crippen MR) is 124 cm³/mol. The van der Waals surface area contributed by atoms with Crippen molar-refractivity contribution in [3.8, 4) is 0 Å². The van der Waals surface area contributed by atoms with E-state index in [1.165, 1.54) is 12.1 Å². The number of rotatable bonds is 5. The maximum Gasteiger partial charge on any atom is 0.262 e. The van der Waals surface area contributed by atoms with Crippen molar-refractivity contribution in [3.63, 3.8) is 0 Å². The van der Waals surface area contributed by atoms with Crippen molar-refractivity contribution in [3.05, 3.63) is 100 Å². The van der Waals surface area contributed by atoms with Crippen molar-refractivity contribution in [2.45, 2.75) is 13.0 Å². The molecule has 0 fully saturated rings. The minimum atomic E-state index is -0.285. The largest absolute Gasteiger partial charge is 0.345 e. The molecule has 0 saturated heterocycles. The summed E-state index contributed by atoms with van der Waals surface area (Å²) in [6, 6.07) is 21.5. The third kappa shape index (κ3) is 3.71. The Hall–Kier alpha value is -3.12. The molecule has 0 radical (unpaired) electrons. The maximum atomic E-state index is 13.5. The lowest BCUT2D eigenvalue weighted by molar-refractivity contribution is 0.596. The van der Waals surface area contributed by atoms with Crippen molar-refractivity contribution in [2.75, 3.05) is 17.7 Å². The topological polar surface area (TPSA) is 38.1 Å². The summed E-state index contributed by atoms with van der Waals surface area (Å²) in [6.45, 7) is 1.85. The minimum absolute atomic E-state index is 0.102. The third-order valence-electron chi connectivity index (χ3n) is 5.33. The van der Waals surface area contributed by atoms with Gasteiger partial charge in [-0.1, -0.05) is 30.3 Å². The highest BCUT2D eigenvalue weighted by Crippen LogP contribution is 2.27. The number of aromatic nitrogens is 2. The van der Waals surface area contributed by atoms with E-state index in [2.05, 4.69) is 17.6 Å². The maximum absolute atomic E-state index is 13.5. The van der Waals surface area contributed by atoms with E-state index in [0.29, 0.717) is 22.5 Å². The van der Waals surface area contributed by atoms with E-state index in [1.807, 2.05) is 67.4 Å². The van der Waals surface area contributed by atoms with E-state index in [0.717, 1.165) is 16.9 Å². The number of nitrogens with zero attached hydrogens (tertiary/aromatic N) is 3. The standard InChI is InChI=1S/C24H22FN3OS/c1-16-26-22-13-12-20(27(2)19-10-8-18(25)9-11-19)14-21(22)24(29)28(16)23(15-30)17-6-4-3-5-7-17/h3-14,23,30H,15H2,1-2H3/t23-/m1/s1. The molecule has 0 amide bonds. The summed E-state index contributed by atoms with van der Waals surface area (Å²) in [7, 11) is 1.88. The van der Waals surface area contributed by atoms with Crippen molar-refractivity contribution < 1.29 is 4.39 Å². The molecule has 0 N–H and O–H groups in total. The van der Waals surface area contributed by atoms with Gasteiger partial charge in [-0.15, -0.1) is 0 Å². The van der Waals surface area contributed by atoms with Crippen LogP contribution in [0.25, 0.3) is 10.9 Å². The molecule has 1 heterocycles. The molecule has 0 bridgehead atoms. The van der Waals surface area contributed by atoms with Gasteiger partial charge >= 0.3 is 0 Å². The Labute approximate surface area is 180 Å². The zero-order chi connectivity index (χ0) is 21.3. The van der Waals surface area contributed by atoms with Gasteiger partial charge in [0.1, 0.15) is 11.6 Å². The molecule has 1 atom stereocenters. The molecule has 6 heteroatoms. The van der Waals surface area contributed by atoms with Gasteiger partial charge in [-0.05, 0) is 55.0 Å². The fourth-order valence-electron chi connectivity index (χ4n) is 3.70. The summed E-state index contributed by atoms with van der Waals surface area (Å²) in [5, 5.41) is 0.537. The number of aryl methyl sites for hydroxylation is 1. The molecule has 4 nitrogen and oxygen atoms in total. The van der Waals surface area contributed by atoms with Gasteiger partial charge in [0, 0.05) is 24.2 Å². The monoisotopic (exact) mass is 419 g/mol. The Morgan fingerprint density at radius 3 is 2.37 bits per heavy atom. The van der Waals surface area contributed by atoms with Crippen LogP contribution in [0.1, 0.15) is 17.4 Å². The Morgan fingerprint density at radius 2 is 1.70 bits per heavy atom. The van der Waals surface area contributed by atoms with Gasteiger partial charge in [-0.25, -0.2) is 9.37 Å². The second-order valence-corrected chi connectivity index (χ2v) is 7.55. The van der Waals surface area contributed by atoms with Crippen molar-refractivity contribution in [1.82, 2.24) is 9.55 Å². The molecular weight excluding hydrogens is 397 g/mol. The predicted octanol–water partition coefficient (Wildman–Crippen LogP) is 5.13. The lowest BCUT2D eigenvalue weighted by Gasteiger charge is -2.22. The first-order valence-corrected chi connectivity index (χ1v) is 10.3. The number of anilines is 2. The van der Waals surface area contributed by atoms with E-state index in [4.69, 9.17) is 0 Å². The lowest BCUT2D eigenvalue weighted by atomic mass is 10.1. The summed E-state index contributed by atoms with van der Waals surface area (Å²) in [4.78, 5) is 20.1. The minimum Gasteiger partial charge on any atom is -0.345 e. The average molecular weight is 420 g/mol. The van der Waals surface area contributed by atoms with E-state index >= 15 is 0 Å². The van der Waals surface area contributed by atoms with Crippen LogP contribution >= 0.6 is 12.6 Å². The molecule has 3 aromatic carbocycles. The van der Waals surface area contributed by atoms with Crippen LogP contribution in [0.5, 0.6) is 0 Å². The summed E-state index contributed by atoms with van der Waals surface area (Å²) >= 11 is 4.51. The first kappa shape index (κ1) is 20.2. The van der Waals surface area contributed by atoms with Crippen LogP contribution in [0.2, 0.25) is 0 Å². The van der Waals surface area contributed by atoms with Crippen LogP contribution in [0.15, 0.2) is 77.6 Å². The van der Waals surface area contributed by atoms with Crippen LogP contribution < -0.4 is 10.5 Å². The Kier molecular flexibility index (Phi) is 5.59. The summed E-state index contributed by atoms with van der Waals surface area (Å²) in [6.07, 6.45) is 0. The Morgan fingerprint density at radius 1 is 1.03 bits per heavy atom. The van der Waals surface area contributed by atoms with Crippen molar-refractivity contribution in [2.24, 2.45) is 0 Å². The van der Waals surface area contributed by atoms with Gasteiger partial charge in [-0.2, -0.15) is 12.6 Å². The van der Waals surface area contributed by atoms with Crippen molar-refractivity contribution >= 4 is 34.9 Å². The zero-order valence-electron chi connectivity index (χ0n) is 16.8. The van der Waals surface area contributed by atoms with Crippen LogP contribution in [0.3, 0.4) is 0 Å². The molecule has 4 rings (SSSR count). The molecule has 0 saturated carbocycles. The molecule has 0 aliphatic rings. The molecule has 0 aliphatic carbocycles. The average Bonchev–Trinajstić information content (AvgIpc) is 2.77. The first-order valence-electron chi connectivity index (χ1n) is 9.67. The van der Waals surface area contributed by atoms with Crippen LogP contribution in [0.4, 0.5) is 15.8 Å². The first-order chi connectivity index (χ1) is 14.5. The summed E-state index contributed by atoms with van der Waals surface area (Å²) < 4.78 is 15.0. The molecular formula is C24H22FN3OS. The molecule has 0 unspecified atom stereocenters. The second kappa shape index (κ2) is 8.32. The highest BCUT2D eigenvalue weighted by Gasteiger charge is 2.19. The van der Waals surface area contributed by atoms with Gasteiger partial charge in [0.15, 0.2) is 0 Å². The van der Waals surface area contributed by atoms with E-state index in [1.54, 1.807) is 16.7 Å². The van der Waals surface area contributed by atoms with Gasteiger partial charge in [0.25, 0.3) is 5.56 Å². The number of hydrogen-bond donors (Lipinski definition) is 1. The zero-order valence-corrected chi connectivity index (χ0v) is 17.7. The number of thiol groups is 1. The van der Waals surface area contributed by atoms with Gasteiger partial charge in [-0.3, -0.25) is 9.36 Å². The summed E-state index contributed by atoms with van der Waals surface area (Å²) in [5.74, 6) is 0.842. The molecule has 4 aromatic rings. The fraction of sp³-hybridized carbons (Fsp3) is 0.167. The second-order valence-electron chi connectivity index (χ2n) is 7.18. The van der Waals surface area contributed by atoms with Gasteiger partial charge in [0.05, 0.1) is 16.9 Å². The van der Waals surface area contributed by atoms with E-state index < -0.39 is 0 Å². The highest BCUT2D eigenvalue weighted by molar-refractivity contribution is 7.80. The fourth-order valence-corrected chi connectivity index (χ4v) is 4.07. The quantitative estimate of drug-likeness (QED) is 0.456. The Bertz CT molecular complexity index is 1240. The van der Waals surface area contributed by atoms with E-state index in [-0.39, 0.29) is 17.4 Å². The van der Waals surface area contributed by atoms with E-state index in [9.17, 15) is 9.18 Å². The normalized spacial score (nSPS) is 12.1. The van der Waals surface area contributed by atoms with Crippen molar-refractivity contribution in [1.29, 1.82) is 0 Å². The van der Waals surface area contributed by atoms with Crippen LogP contribution in [0, 0.1) is 12.7 Å². The van der Waals surface area contributed by atoms with Gasteiger partial charge < -0.3 is 4.90 Å². The molecule has 152 valence electrons. The lowest BCUT2D eigenvalue weighted by Crippen LogP contribution is -2.30. The molecule has 0 aliphatic heterocycles. The number of benzene rings is 3. The number of fused-ring (bicyclic) bond motifs is 1. The highest BCUT2D eigenvalue weighted by atomic mass is 32.1.